The maximum absolute atomic E-state index is 12.0. The molecular weight excluding hydrogens is 417 g/mol. The number of anilines is 2. The van der Waals surface area contributed by atoms with Gasteiger partial charge >= 0.3 is 0 Å². The summed E-state index contributed by atoms with van der Waals surface area (Å²) in [6, 6.07) is 12.0. The largest absolute Gasteiger partial charge is 0.332 e. The summed E-state index contributed by atoms with van der Waals surface area (Å²) in [5.41, 5.74) is 1.95. The predicted molar refractivity (Wildman–Crippen MR) is 120 cm³/mol. The van der Waals surface area contributed by atoms with E-state index in [0.717, 1.165) is 6.42 Å². The zero-order valence-electron chi connectivity index (χ0n) is 15.1. The van der Waals surface area contributed by atoms with Crippen LogP contribution in [-0.4, -0.2) is 16.9 Å². The third-order valence-electron chi connectivity index (χ3n) is 3.49. The van der Waals surface area contributed by atoms with Gasteiger partial charge in [0.15, 0.2) is 5.11 Å². The quantitative estimate of drug-likeness (QED) is 0.427. The van der Waals surface area contributed by atoms with Crippen molar-refractivity contribution in [1.82, 2.24) is 5.32 Å². The first-order chi connectivity index (χ1) is 13.4. The number of rotatable bonds is 6. The van der Waals surface area contributed by atoms with Gasteiger partial charge in [0.1, 0.15) is 0 Å². The number of carbonyl (C=O) groups is 2. The highest BCUT2D eigenvalue weighted by molar-refractivity contribution is 7.80. The van der Waals surface area contributed by atoms with Gasteiger partial charge in [-0.1, -0.05) is 42.3 Å². The number of benzene rings is 2. The van der Waals surface area contributed by atoms with E-state index in [9.17, 15) is 9.59 Å². The molecule has 0 atom stereocenters. The van der Waals surface area contributed by atoms with Crippen LogP contribution in [0.25, 0.3) is 6.08 Å². The molecule has 0 heterocycles. The van der Waals surface area contributed by atoms with Crippen LogP contribution in [0.2, 0.25) is 10.0 Å². The third kappa shape index (κ3) is 7.31. The van der Waals surface area contributed by atoms with E-state index in [0.29, 0.717) is 33.4 Å². The minimum atomic E-state index is -0.407. The molecule has 5 nitrogen and oxygen atoms in total. The lowest BCUT2D eigenvalue weighted by atomic mass is 10.2. The minimum Gasteiger partial charge on any atom is -0.332 e. The summed E-state index contributed by atoms with van der Waals surface area (Å²) in [5.74, 6) is -0.461. The van der Waals surface area contributed by atoms with Gasteiger partial charge in [0.2, 0.25) is 11.8 Å². The van der Waals surface area contributed by atoms with Gasteiger partial charge in [0.25, 0.3) is 0 Å². The van der Waals surface area contributed by atoms with Gasteiger partial charge in [0, 0.05) is 33.9 Å². The highest BCUT2D eigenvalue weighted by Crippen LogP contribution is 2.22. The van der Waals surface area contributed by atoms with Crippen LogP contribution in [0.3, 0.4) is 0 Å². The molecule has 0 spiro atoms. The van der Waals surface area contributed by atoms with Crippen molar-refractivity contribution >= 4 is 69.8 Å². The van der Waals surface area contributed by atoms with E-state index in [4.69, 9.17) is 35.4 Å². The molecule has 2 aromatic carbocycles. The smallest absolute Gasteiger partial charge is 0.250 e. The van der Waals surface area contributed by atoms with Crippen LogP contribution < -0.4 is 16.0 Å². The van der Waals surface area contributed by atoms with E-state index in [1.807, 2.05) is 6.92 Å². The van der Waals surface area contributed by atoms with Crippen molar-refractivity contribution in [1.29, 1.82) is 0 Å². The predicted octanol–water partition coefficient (Wildman–Crippen LogP) is 5.26. The third-order valence-corrected chi connectivity index (χ3v) is 4.26. The molecular formula is C20H19Cl2N3O2S. The van der Waals surface area contributed by atoms with Crippen molar-refractivity contribution in [2.75, 3.05) is 10.6 Å². The van der Waals surface area contributed by atoms with Gasteiger partial charge in [-0.15, -0.1) is 0 Å². The fraction of sp³-hybridized carbons (Fsp3) is 0.150. The van der Waals surface area contributed by atoms with Crippen LogP contribution in [0.4, 0.5) is 11.4 Å². The number of hydrogen-bond acceptors (Lipinski definition) is 3. The average molecular weight is 436 g/mol. The first kappa shape index (κ1) is 21.9. The molecule has 2 amide bonds. The molecule has 0 bridgehead atoms. The first-order valence-corrected chi connectivity index (χ1v) is 9.69. The van der Waals surface area contributed by atoms with Crippen LogP contribution in [0.1, 0.15) is 25.3 Å². The van der Waals surface area contributed by atoms with Crippen molar-refractivity contribution in [3.8, 4) is 0 Å². The summed E-state index contributed by atoms with van der Waals surface area (Å²) in [6.45, 7) is 1.94. The number of halogens is 2. The molecule has 0 radical (unpaired) electrons. The molecule has 28 heavy (non-hydrogen) atoms. The maximum Gasteiger partial charge on any atom is 0.250 e. The molecule has 0 aliphatic heterocycles. The van der Waals surface area contributed by atoms with Crippen LogP contribution in [0, 0.1) is 0 Å². The number of nitrogens with one attached hydrogen (secondary N) is 3. The number of amides is 2. The molecule has 0 aliphatic carbocycles. The average Bonchev–Trinajstić information content (AvgIpc) is 2.61. The van der Waals surface area contributed by atoms with E-state index in [-0.39, 0.29) is 11.0 Å². The second kappa shape index (κ2) is 10.8. The Hall–Kier alpha value is -2.41. The lowest BCUT2D eigenvalue weighted by Gasteiger charge is -2.10. The maximum atomic E-state index is 12.0. The molecule has 2 aromatic rings. The normalized spacial score (nSPS) is 10.5. The van der Waals surface area contributed by atoms with Crippen LogP contribution in [0.15, 0.2) is 48.5 Å². The van der Waals surface area contributed by atoms with Crippen molar-refractivity contribution in [2.24, 2.45) is 0 Å². The molecule has 3 N–H and O–H groups in total. The van der Waals surface area contributed by atoms with Crippen LogP contribution >= 0.6 is 35.4 Å². The van der Waals surface area contributed by atoms with Crippen molar-refractivity contribution in [3.05, 3.63) is 64.1 Å². The highest BCUT2D eigenvalue weighted by atomic mass is 35.5. The zero-order chi connectivity index (χ0) is 20.5. The van der Waals surface area contributed by atoms with Gasteiger partial charge in [-0.25, -0.2) is 0 Å². The summed E-state index contributed by atoms with van der Waals surface area (Å²) in [7, 11) is 0. The molecule has 2 rings (SSSR count). The Bertz CT molecular complexity index is 916. The number of hydrogen-bond donors (Lipinski definition) is 3. The van der Waals surface area contributed by atoms with E-state index < -0.39 is 5.91 Å². The first-order valence-electron chi connectivity index (χ1n) is 8.52. The van der Waals surface area contributed by atoms with Gasteiger partial charge in [0.05, 0.1) is 0 Å². The molecule has 146 valence electrons. The van der Waals surface area contributed by atoms with E-state index in [2.05, 4.69) is 16.0 Å². The van der Waals surface area contributed by atoms with Crippen molar-refractivity contribution < 1.29 is 9.59 Å². The molecule has 0 unspecified atom stereocenters. The fourth-order valence-corrected chi connectivity index (χ4v) is 2.93. The Kier molecular flexibility index (Phi) is 8.44. The molecule has 0 saturated carbocycles. The Labute approximate surface area is 179 Å². The summed E-state index contributed by atoms with van der Waals surface area (Å²) >= 11 is 17.1. The van der Waals surface area contributed by atoms with Crippen LogP contribution in [-0.2, 0) is 9.59 Å². The fourth-order valence-electron chi connectivity index (χ4n) is 2.24. The number of carbonyl (C=O) groups excluding carboxylic acids is 2. The Morgan fingerprint density at radius 1 is 1.07 bits per heavy atom. The SMILES string of the molecule is CCCC(=O)Nc1cccc(NC(=S)NC(=O)C=Cc2ccc(Cl)cc2Cl)c1. The standard InChI is InChI=1S/C20H19Cl2N3O2S/c1-2-4-18(26)23-15-5-3-6-16(12-15)24-20(28)25-19(27)10-8-13-7-9-14(21)11-17(13)22/h3,5-12H,2,4H2,1H3,(H,23,26)(H2,24,25,27,28). The summed E-state index contributed by atoms with van der Waals surface area (Å²) in [5, 5.41) is 9.35. The van der Waals surface area contributed by atoms with E-state index in [1.165, 1.54) is 6.08 Å². The van der Waals surface area contributed by atoms with Gasteiger partial charge in [-0.05, 0) is 60.6 Å². The second-order valence-corrected chi connectivity index (χ2v) is 7.07. The van der Waals surface area contributed by atoms with E-state index in [1.54, 1.807) is 48.5 Å². The van der Waals surface area contributed by atoms with Gasteiger partial charge < -0.3 is 10.6 Å². The Morgan fingerprint density at radius 2 is 1.79 bits per heavy atom. The zero-order valence-corrected chi connectivity index (χ0v) is 17.4. The Balaban J connectivity index is 1.91. The summed E-state index contributed by atoms with van der Waals surface area (Å²) in [6.07, 6.45) is 4.12. The lowest BCUT2D eigenvalue weighted by Crippen LogP contribution is -2.32. The summed E-state index contributed by atoms with van der Waals surface area (Å²) < 4.78 is 0. The monoisotopic (exact) mass is 435 g/mol. The van der Waals surface area contributed by atoms with Gasteiger partial charge in [-0.3, -0.25) is 14.9 Å². The topological polar surface area (TPSA) is 70.2 Å². The highest BCUT2D eigenvalue weighted by Gasteiger charge is 2.05. The van der Waals surface area contributed by atoms with Crippen molar-refractivity contribution in [2.45, 2.75) is 19.8 Å². The molecule has 0 fully saturated rings. The minimum absolute atomic E-state index is 0.0541. The second-order valence-electron chi connectivity index (χ2n) is 5.82. The molecule has 0 saturated heterocycles. The summed E-state index contributed by atoms with van der Waals surface area (Å²) in [4.78, 5) is 23.7. The Morgan fingerprint density at radius 3 is 2.46 bits per heavy atom. The van der Waals surface area contributed by atoms with E-state index >= 15 is 0 Å². The molecule has 0 aromatic heterocycles. The van der Waals surface area contributed by atoms with Crippen LogP contribution in [0.5, 0.6) is 0 Å². The number of thiocarbonyl (C=S) groups is 1. The molecule has 0 aliphatic rings. The van der Waals surface area contributed by atoms with Crippen molar-refractivity contribution in [3.63, 3.8) is 0 Å². The molecule has 8 heteroatoms. The van der Waals surface area contributed by atoms with Gasteiger partial charge in [-0.2, -0.15) is 0 Å². The lowest BCUT2D eigenvalue weighted by molar-refractivity contribution is -0.116.